The Hall–Kier alpha value is -1.42. The van der Waals surface area contributed by atoms with Crippen molar-refractivity contribution in [2.75, 3.05) is 13.1 Å². The van der Waals surface area contributed by atoms with Crippen molar-refractivity contribution in [1.82, 2.24) is 4.90 Å². The second kappa shape index (κ2) is 4.22. The van der Waals surface area contributed by atoms with Crippen molar-refractivity contribution < 1.29 is 9.18 Å². The molecule has 1 aromatic carbocycles. The van der Waals surface area contributed by atoms with E-state index in [1.165, 1.54) is 12.1 Å². The van der Waals surface area contributed by atoms with E-state index in [2.05, 4.69) is 0 Å². The number of halogens is 1. The average Bonchev–Trinajstić information content (AvgIpc) is 2.59. The number of carbonyl (C=O) groups excluding carboxylic acids is 1. The van der Waals surface area contributed by atoms with E-state index in [0.717, 1.165) is 0 Å². The van der Waals surface area contributed by atoms with E-state index in [-0.39, 0.29) is 23.4 Å². The van der Waals surface area contributed by atoms with E-state index < -0.39 is 5.82 Å². The van der Waals surface area contributed by atoms with Gasteiger partial charge in [-0.05, 0) is 18.1 Å². The predicted octanol–water partition coefficient (Wildman–Crippen LogP) is 1.24. The van der Waals surface area contributed by atoms with Crippen LogP contribution in [0.1, 0.15) is 17.3 Å². The third-order valence-corrected chi connectivity index (χ3v) is 3.06. The number of carbonyl (C=O) groups is 1. The average molecular weight is 222 g/mol. The highest BCUT2D eigenvalue weighted by Gasteiger charge is 2.31. The molecule has 0 bridgehead atoms. The molecule has 1 aliphatic heterocycles. The summed E-state index contributed by atoms with van der Waals surface area (Å²) in [4.78, 5) is 13.6. The van der Waals surface area contributed by atoms with E-state index in [9.17, 15) is 9.18 Å². The highest BCUT2D eigenvalue weighted by Crippen LogP contribution is 2.18. The van der Waals surface area contributed by atoms with Gasteiger partial charge in [0.25, 0.3) is 5.91 Å². The molecule has 0 aliphatic carbocycles. The van der Waals surface area contributed by atoms with E-state index in [4.69, 9.17) is 5.73 Å². The van der Waals surface area contributed by atoms with Crippen LogP contribution in [0.5, 0.6) is 0 Å². The van der Waals surface area contributed by atoms with Gasteiger partial charge in [0.05, 0.1) is 5.56 Å². The summed E-state index contributed by atoms with van der Waals surface area (Å²) < 4.78 is 13.4. The summed E-state index contributed by atoms with van der Waals surface area (Å²) >= 11 is 0. The molecular formula is C12H15FN2O. The third kappa shape index (κ3) is 1.93. The van der Waals surface area contributed by atoms with Crippen molar-refractivity contribution in [2.24, 2.45) is 11.7 Å². The molecule has 4 heteroatoms. The number of nitrogens with two attached hydrogens (primary N) is 1. The van der Waals surface area contributed by atoms with Gasteiger partial charge in [0, 0.05) is 19.1 Å². The van der Waals surface area contributed by atoms with Crippen molar-refractivity contribution in [3.63, 3.8) is 0 Å². The highest BCUT2D eigenvalue weighted by atomic mass is 19.1. The van der Waals surface area contributed by atoms with Gasteiger partial charge in [-0.3, -0.25) is 4.79 Å². The van der Waals surface area contributed by atoms with Crippen molar-refractivity contribution in [2.45, 2.75) is 13.0 Å². The molecule has 16 heavy (non-hydrogen) atoms. The van der Waals surface area contributed by atoms with Gasteiger partial charge < -0.3 is 10.6 Å². The molecule has 2 atom stereocenters. The number of benzene rings is 1. The summed E-state index contributed by atoms with van der Waals surface area (Å²) in [7, 11) is 0. The number of likely N-dealkylation sites (tertiary alicyclic amines) is 1. The Kier molecular flexibility index (Phi) is 2.92. The second-order valence-electron chi connectivity index (χ2n) is 4.33. The molecule has 0 saturated carbocycles. The quantitative estimate of drug-likeness (QED) is 0.777. The van der Waals surface area contributed by atoms with Crippen molar-refractivity contribution in [3.8, 4) is 0 Å². The van der Waals surface area contributed by atoms with Gasteiger partial charge in [0.1, 0.15) is 5.82 Å². The maximum atomic E-state index is 13.4. The fraction of sp³-hybridized carbons (Fsp3) is 0.417. The van der Waals surface area contributed by atoms with Crippen LogP contribution in [0.15, 0.2) is 24.3 Å². The lowest BCUT2D eigenvalue weighted by Crippen LogP contribution is -2.32. The number of amides is 1. The Bertz CT molecular complexity index is 398. The SMILES string of the molecule is CC1CN(C(=O)c2ccccc2F)CC1N. The van der Waals surface area contributed by atoms with Gasteiger partial charge in [0.2, 0.25) is 0 Å². The van der Waals surface area contributed by atoms with Crippen molar-refractivity contribution >= 4 is 5.91 Å². The standard InChI is InChI=1S/C12H15FN2O/c1-8-6-15(7-11(8)14)12(16)9-4-2-3-5-10(9)13/h2-5,8,11H,6-7,14H2,1H3. The molecule has 1 saturated heterocycles. The highest BCUT2D eigenvalue weighted by molar-refractivity contribution is 5.94. The molecule has 0 spiro atoms. The molecule has 0 aromatic heterocycles. The Morgan fingerprint density at radius 3 is 2.69 bits per heavy atom. The van der Waals surface area contributed by atoms with E-state index in [1.54, 1.807) is 17.0 Å². The first kappa shape index (κ1) is 11.1. The van der Waals surface area contributed by atoms with E-state index in [0.29, 0.717) is 13.1 Å². The maximum Gasteiger partial charge on any atom is 0.256 e. The number of hydrogen-bond acceptors (Lipinski definition) is 2. The first-order chi connectivity index (χ1) is 7.59. The summed E-state index contributed by atoms with van der Waals surface area (Å²) in [5.41, 5.74) is 5.96. The second-order valence-corrected chi connectivity index (χ2v) is 4.33. The predicted molar refractivity (Wildman–Crippen MR) is 59.4 cm³/mol. The number of rotatable bonds is 1. The zero-order valence-corrected chi connectivity index (χ0v) is 9.19. The smallest absolute Gasteiger partial charge is 0.256 e. The molecular weight excluding hydrogens is 207 g/mol. The summed E-state index contributed by atoms with van der Waals surface area (Å²) in [6.07, 6.45) is 0. The lowest BCUT2D eigenvalue weighted by atomic mass is 10.1. The zero-order chi connectivity index (χ0) is 11.7. The zero-order valence-electron chi connectivity index (χ0n) is 9.19. The Labute approximate surface area is 94.0 Å². The molecule has 1 fully saturated rings. The van der Waals surface area contributed by atoms with E-state index >= 15 is 0 Å². The minimum Gasteiger partial charge on any atom is -0.337 e. The van der Waals surface area contributed by atoms with Crippen LogP contribution in [0.4, 0.5) is 4.39 Å². The van der Waals surface area contributed by atoms with Crippen LogP contribution < -0.4 is 5.73 Å². The van der Waals surface area contributed by atoms with Crippen LogP contribution in [0, 0.1) is 11.7 Å². The van der Waals surface area contributed by atoms with Crippen LogP contribution in [-0.2, 0) is 0 Å². The topological polar surface area (TPSA) is 46.3 Å². The minimum atomic E-state index is -0.472. The summed E-state index contributed by atoms with van der Waals surface area (Å²) in [6.45, 7) is 3.11. The minimum absolute atomic E-state index is 0.00396. The summed E-state index contributed by atoms with van der Waals surface area (Å²) in [6, 6.07) is 6.04. The van der Waals surface area contributed by atoms with Crippen LogP contribution >= 0.6 is 0 Å². The van der Waals surface area contributed by atoms with Gasteiger partial charge >= 0.3 is 0 Å². The molecule has 0 radical (unpaired) electrons. The Morgan fingerprint density at radius 1 is 1.44 bits per heavy atom. The molecule has 1 aromatic rings. The first-order valence-electron chi connectivity index (χ1n) is 5.39. The van der Waals surface area contributed by atoms with E-state index in [1.807, 2.05) is 6.92 Å². The number of hydrogen-bond donors (Lipinski definition) is 1. The van der Waals surface area contributed by atoms with Gasteiger partial charge in [-0.15, -0.1) is 0 Å². The van der Waals surface area contributed by atoms with Gasteiger partial charge in [-0.2, -0.15) is 0 Å². The van der Waals surface area contributed by atoms with Crippen molar-refractivity contribution in [1.29, 1.82) is 0 Å². The number of nitrogens with zero attached hydrogens (tertiary/aromatic N) is 1. The Morgan fingerprint density at radius 2 is 2.12 bits per heavy atom. The van der Waals surface area contributed by atoms with Gasteiger partial charge in [-0.1, -0.05) is 19.1 Å². The molecule has 1 heterocycles. The molecule has 86 valence electrons. The largest absolute Gasteiger partial charge is 0.337 e. The lowest BCUT2D eigenvalue weighted by molar-refractivity contribution is 0.0782. The molecule has 2 rings (SSSR count). The van der Waals surface area contributed by atoms with Crippen LogP contribution in [0.25, 0.3) is 0 Å². The first-order valence-corrected chi connectivity index (χ1v) is 5.39. The maximum absolute atomic E-state index is 13.4. The monoisotopic (exact) mass is 222 g/mol. The van der Waals surface area contributed by atoms with Crippen molar-refractivity contribution in [3.05, 3.63) is 35.6 Å². The molecule has 2 unspecified atom stereocenters. The summed E-state index contributed by atoms with van der Waals surface area (Å²) in [5.74, 6) is -0.464. The molecule has 1 aliphatic rings. The lowest BCUT2D eigenvalue weighted by Gasteiger charge is -2.16. The van der Waals surface area contributed by atoms with Crippen LogP contribution in [0.2, 0.25) is 0 Å². The summed E-state index contributed by atoms with van der Waals surface area (Å²) in [5, 5.41) is 0. The van der Waals surface area contributed by atoms with Gasteiger partial charge in [-0.25, -0.2) is 4.39 Å². The Balaban J connectivity index is 2.18. The van der Waals surface area contributed by atoms with Crippen LogP contribution in [-0.4, -0.2) is 29.9 Å². The van der Waals surface area contributed by atoms with Gasteiger partial charge in [0.15, 0.2) is 0 Å². The normalized spacial score (nSPS) is 24.8. The fourth-order valence-electron chi connectivity index (χ4n) is 1.96. The third-order valence-electron chi connectivity index (χ3n) is 3.06. The molecule has 2 N–H and O–H groups in total. The van der Waals surface area contributed by atoms with Crippen LogP contribution in [0.3, 0.4) is 0 Å². The molecule has 3 nitrogen and oxygen atoms in total. The molecule has 1 amide bonds. The fourth-order valence-corrected chi connectivity index (χ4v) is 1.96.